The van der Waals surface area contributed by atoms with E-state index in [1.165, 1.54) is 6.33 Å². The van der Waals surface area contributed by atoms with Crippen molar-refractivity contribution in [1.29, 1.82) is 0 Å². The molecule has 122 valence electrons. The lowest BCUT2D eigenvalue weighted by molar-refractivity contribution is -0.128. The molecule has 0 aliphatic rings. The summed E-state index contributed by atoms with van der Waals surface area (Å²) >= 11 is 0. The van der Waals surface area contributed by atoms with E-state index in [4.69, 9.17) is 0 Å². The Morgan fingerprint density at radius 2 is 1.96 bits per heavy atom. The van der Waals surface area contributed by atoms with Crippen LogP contribution in [-0.2, 0) is 9.59 Å². The summed E-state index contributed by atoms with van der Waals surface area (Å²) in [6.07, 6.45) is 3.20. The second kappa shape index (κ2) is 7.04. The number of carbonyl (C=O) groups excluding carboxylic acids is 2. The third-order valence-corrected chi connectivity index (χ3v) is 3.16. The molecule has 0 atom stereocenters. The minimum absolute atomic E-state index is 0.0756. The van der Waals surface area contributed by atoms with Crippen LogP contribution in [0.15, 0.2) is 36.9 Å². The van der Waals surface area contributed by atoms with Gasteiger partial charge in [-0.25, -0.2) is 9.67 Å². The molecule has 0 bridgehead atoms. The molecule has 2 amide bonds. The second-order valence-electron chi connectivity index (χ2n) is 6.16. The number of nitrogens with one attached hydrogen (secondary N) is 2. The minimum atomic E-state index is -0.462. The molecule has 1 aromatic heterocycles. The van der Waals surface area contributed by atoms with Crippen LogP contribution in [0.25, 0.3) is 5.69 Å². The summed E-state index contributed by atoms with van der Waals surface area (Å²) in [6.45, 7) is 5.79. The highest BCUT2D eigenvalue weighted by Gasteiger charge is 2.20. The third-order valence-electron chi connectivity index (χ3n) is 3.16. The van der Waals surface area contributed by atoms with E-state index in [0.717, 1.165) is 5.69 Å². The fraction of sp³-hybridized carbons (Fsp3) is 0.375. The fourth-order valence-electron chi connectivity index (χ4n) is 1.88. The van der Waals surface area contributed by atoms with Gasteiger partial charge in [-0.3, -0.25) is 9.59 Å². The predicted octanol–water partition coefficient (Wildman–Crippen LogP) is 1.76. The van der Waals surface area contributed by atoms with Crippen LogP contribution in [0.5, 0.6) is 0 Å². The molecule has 0 saturated carbocycles. The lowest BCUT2D eigenvalue weighted by Gasteiger charge is -2.17. The molecular weight excluding hydrogens is 294 g/mol. The van der Waals surface area contributed by atoms with Crippen molar-refractivity contribution in [3.8, 4) is 5.69 Å². The molecule has 0 saturated heterocycles. The van der Waals surface area contributed by atoms with E-state index in [1.54, 1.807) is 17.1 Å². The minimum Gasteiger partial charge on any atom is -0.355 e. The topological polar surface area (TPSA) is 88.9 Å². The van der Waals surface area contributed by atoms with Crippen LogP contribution in [-0.4, -0.2) is 33.1 Å². The summed E-state index contributed by atoms with van der Waals surface area (Å²) in [5.41, 5.74) is 0.915. The normalized spacial score (nSPS) is 11.1. The second-order valence-corrected chi connectivity index (χ2v) is 6.16. The Morgan fingerprint density at radius 1 is 1.22 bits per heavy atom. The quantitative estimate of drug-likeness (QED) is 0.880. The Balaban J connectivity index is 1.93. The van der Waals surface area contributed by atoms with Gasteiger partial charge in [0, 0.05) is 18.4 Å². The summed E-state index contributed by atoms with van der Waals surface area (Å²) in [4.78, 5) is 27.7. The Hall–Kier alpha value is -2.70. The molecule has 7 nitrogen and oxygen atoms in total. The van der Waals surface area contributed by atoms with E-state index in [0.29, 0.717) is 12.2 Å². The highest BCUT2D eigenvalue weighted by atomic mass is 16.2. The Morgan fingerprint density at radius 3 is 2.61 bits per heavy atom. The van der Waals surface area contributed by atoms with Gasteiger partial charge in [-0.15, -0.1) is 0 Å². The maximum atomic E-state index is 12.1. The Bertz CT molecular complexity index is 674. The van der Waals surface area contributed by atoms with Crippen LogP contribution in [0.3, 0.4) is 0 Å². The van der Waals surface area contributed by atoms with Crippen molar-refractivity contribution in [1.82, 2.24) is 20.1 Å². The monoisotopic (exact) mass is 315 g/mol. The standard InChI is InChI=1S/C16H21N5O2/c1-16(2,3)15(23)18-9-8-14(22)20-12-6-4-5-7-13(12)21-11-17-10-19-21/h4-7,10-11H,8-9H2,1-3H3,(H,18,23)(H,20,22). The number of hydrogen-bond acceptors (Lipinski definition) is 4. The van der Waals surface area contributed by atoms with Crippen molar-refractivity contribution in [2.24, 2.45) is 5.41 Å². The molecule has 2 aromatic rings. The molecule has 0 fully saturated rings. The first-order chi connectivity index (χ1) is 10.9. The van der Waals surface area contributed by atoms with Gasteiger partial charge in [0.05, 0.1) is 11.4 Å². The summed E-state index contributed by atoms with van der Waals surface area (Å²) < 4.78 is 1.58. The van der Waals surface area contributed by atoms with E-state index in [2.05, 4.69) is 20.7 Å². The molecule has 0 aliphatic heterocycles. The molecule has 1 heterocycles. The largest absolute Gasteiger partial charge is 0.355 e. The van der Waals surface area contributed by atoms with E-state index in [-0.39, 0.29) is 18.2 Å². The molecular formula is C16H21N5O2. The zero-order chi connectivity index (χ0) is 16.9. The Labute approximate surface area is 135 Å². The van der Waals surface area contributed by atoms with E-state index < -0.39 is 5.41 Å². The summed E-state index contributed by atoms with van der Waals surface area (Å²) in [7, 11) is 0. The summed E-state index contributed by atoms with van der Waals surface area (Å²) in [5, 5.41) is 9.65. The van der Waals surface area contributed by atoms with Crippen molar-refractivity contribution < 1.29 is 9.59 Å². The van der Waals surface area contributed by atoms with Crippen LogP contribution >= 0.6 is 0 Å². The van der Waals surface area contributed by atoms with E-state index in [1.807, 2.05) is 39.0 Å². The van der Waals surface area contributed by atoms with Gasteiger partial charge in [0.25, 0.3) is 0 Å². The van der Waals surface area contributed by atoms with Gasteiger partial charge in [-0.2, -0.15) is 5.10 Å². The Kier molecular flexibility index (Phi) is 5.10. The van der Waals surface area contributed by atoms with Crippen molar-refractivity contribution in [3.05, 3.63) is 36.9 Å². The van der Waals surface area contributed by atoms with Crippen LogP contribution in [0, 0.1) is 5.41 Å². The number of aromatic nitrogens is 3. The highest BCUT2D eigenvalue weighted by molar-refractivity contribution is 5.93. The average molecular weight is 315 g/mol. The van der Waals surface area contributed by atoms with Crippen LogP contribution in [0.2, 0.25) is 0 Å². The number of carbonyl (C=O) groups is 2. The molecule has 0 aliphatic carbocycles. The van der Waals surface area contributed by atoms with Gasteiger partial charge >= 0.3 is 0 Å². The first-order valence-corrected chi connectivity index (χ1v) is 7.40. The number of hydrogen-bond donors (Lipinski definition) is 2. The van der Waals surface area contributed by atoms with Gasteiger partial charge in [0.2, 0.25) is 11.8 Å². The molecule has 0 spiro atoms. The number of amides is 2. The first-order valence-electron chi connectivity index (χ1n) is 7.40. The molecule has 7 heteroatoms. The maximum Gasteiger partial charge on any atom is 0.226 e. The fourth-order valence-corrected chi connectivity index (χ4v) is 1.88. The van der Waals surface area contributed by atoms with Gasteiger partial charge < -0.3 is 10.6 Å². The molecule has 2 N–H and O–H groups in total. The van der Waals surface area contributed by atoms with Crippen LogP contribution in [0.4, 0.5) is 5.69 Å². The smallest absolute Gasteiger partial charge is 0.226 e. The first kappa shape index (κ1) is 16.7. The summed E-state index contributed by atoms with van der Waals surface area (Å²) in [5.74, 6) is -0.250. The maximum absolute atomic E-state index is 12.1. The summed E-state index contributed by atoms with van der Waals surface area (Å²) in [6, 6.07) is 7.32. The highest BCUT2D eigenvalue weighted by Crippen LogP contribution is 2.18. The van der Waals surface area contributed by atoms with E-state index in [9.17, 15) is 9.59 Å². The predicted molar refractivity (Wildman–Crippen MR) is 87.1 cm³/mol. The van der Waals surface area contributed by atoms with Gasteiger partial charge in [-0.05, 0) is 12.1 Å². The number of para-hydroxylation sites is 2. The number of anilines is 1. The average Bonchev–Trinajstić information content (AvgIpc) is 3.00. The van der Waals surface area contributed by atoms with Crippen LogP contribution < -0.4 is 10.6 Å². The molecule has 0 radical (unpaired) electrons. The zero-order valence-corrected chi connectivity index (χ0v) is 13.5. The molecule has 23 heavy (non-hydrogen) atoms. The third kappa shape index (κ3) is 4.64. The van der Waals surface area contributed by atoms with Crippen LogP contribution in [0.1, 0.15) is 27.2 Å². The number of nitrogens with zero attached hydrogens (tertiary/aromatic N) is 3. The number of rotatable bonds is 5. The molecule has 0 unspecified atom stereocenters. The lowest BCUT2D eigenvalue weighted by atomic mass is 9.96. The lowest BCUT2D eigenvalue weighted by Crippen LogP contribution is -2.36. The van der Waals surface area contributed by atoms with E-state index >= 15 is 0 Å². The number of benzene rings is 1. The SMILES string of the molecule is CC(C)(C)C(=O)NCCC(=O)Nc1ccccc1-n1cncn1. The van der Waals surface area contributed by atoms with Crippen molar-refractivity contribution in [3.63, 3.8) is 0 Å². The van der Waals surface area contributed by atoms with Crippen molar-refractivity contribution >= 4 is 17.5 Å². The molecule has 2 rings (SSSR count). The van der Waals surface area contributed by atoms with Gasteiger partial charge in [0.15, 0.2) is 0 Å². The van der Waals surface area contributed by atoms with Crippen molar-refractivity contribution in [2.45, 2.75) is 27.2 Å². The van der Waals surface area contributed by atoms with Gasteiger partial charge in [0.1, 0.15) is 12.7 Å². The van der Waals surface area contributed by atoms with Crippen molar-refractivity contribution in [2.75, 3.05) is 11.9 Å². The zero-order valence-electron chi connectivity index (χ0n) is 13.5. The molecule has 1 aromatic carbocycles. The van der Waals surface area contributed by atoms with Gasteiger partial charge in [-0.1, -0.05) is 32.9 Å².